The molecule has 11 heteroatoms. The molecule has 0 bridgehead atoms. The minimum atomic E-state index is -1.46. The fourth-order valence-electron chi connectivity index (χ4n) is 1.49. The molecule has 3 unspecified atom stereocenters. The predicted molar refractivity (Wildman–Crippen MR) is 88.3 cm³/mol. The van der Waals surface area contributed by atoms with Crippen molar-refractivity contribution in [3.8, 4) is 0 Å². The molecule has 0 aliphatic carbocycles. The number of carbonyl (C=O) groups excluding carboxylic acids is 3. The highest BCUT2D eigenvalue weighted by Crippen LogP contribution is 1.99. The molecule has 0 radical (unpaired) electrons. The number of nitrogens with two attached hydrogens (primary N) is 1. The number of aliphatic hydroxyl groups excluding tert-OH is 1. The van der Waals surface area contributed by atoms with E-state index in [1.54, 1.807) is 13.8 Å². The number of thiol groups is 1. The van der Waals surface area contributed by atoms with Gasteiger partial charge in [-0.05, 0) is 5.92 Å². The van der Waals surface area contributed by atoms with Crippen LogP contribution in [0.15, 0.2) is 0 Å². The summed E-state index contributed by atoms with van der Waals surface area (Å²) in [4.78, 5) is 46.0. The first kappa shape index (κ1) is 22.1. The van der Waals surface area contributed by atoms with Crippen LogP contribution in [0.1, 0.15) is 13.8 Å². The van der Waals surface area contributed by atoms with Gasteiger partial charge in [0.1, 0.15) is 12.1 Å². The molecule has 0 aromatic carbocycles. The Morgan fingerprint density at radius 1 is 1.08 bits per heavy atom. The van der Waals surface area contributed by atoms with E-state index in [0.29, 0.717) is 0 Å². The maximum atomic E-state index is 11.9. The summed E-state index contributed by atoms with van der Waals surface area (Å²) in [7, 11) is 0. The number of amides is 3. The maximum absolute atomic E-state index is 11.9. The molecule has 0 saturated heterocycles. The van der Waals surface area contributed by atoms with E-state index in [-0.39, 0.29) is 11.7 Å². The normalized spacial score (nSPS) is 14.4. The van der Waals surface area contributed by atoms with E-state index in [1.165, 1.54) is 0 Å². The lowest BCUT2D eigenvalue weighted by Crippen LogP contribution is -2.55. The molecule has 0 aliphatic rings. The molecule has 0 heterocycles. The van der Waals surface area contributed by atoms with Crippen molar-refractivity contribution in [3.05, 3.63) is 0 Å². The van der Waals surface area contributed by atoms with E-state index in [0.717, 1.165) is 0 Å². The van der Waals surface area contributed by atoms with E-state index >= 15 is 0 Å². The van der Waals surface area contributed by atoms with Crippen LogP contribution in [0.3, 0.4) is 0 Å². The van der Waals surface area contributed by atoms with Crippen LogP contribution in [-0.4, -0.2) is 70.9 Å². The molecule has 138 valence electrons. The second-order valence-electron chi connectivity index (χ2n) is 5.37. The van der Waals surface area contributed by atoms with Gasteiger partial charge in [-0.1, -0.05) is 13.8 Å². The van der Waals surface area contributed by atoms with Crippen molar-refractivity contribution in [2.75, 3.05) is 18.9 Å². The number of aliphatic hydroxyl groups is 1. The molecule has 0 aromatic heterocycles. The predicted octanol–water partition coefficient (Wildman–Crippen LogP) is -2.94. The molecule has 0 spiro atoms. The van der Waals surface area contributed by atoms with Crippen LogP contribution in [0.5, 0.6) is 0 Å². The quantitative estimate of drug-likeness (QED) is 0.203. The van der Waals surface area contributed by atoms with Gasteiger partial charge in [-0.3, -0.25) is 14.4 Å². The zero-order valence-corrected chi connectivity index (χ0v) is 14.4. The van der Waals surface area contributed by atoms with Crippen molar-refractivity contribution >= 4 is 36.3 Å². The van der Waals surface area contributed by atoms with E-state index in [4.69, 9.17) is 15.9 Å². The fourth-order valence-corrected chi connectivity index (χ4v) is 1.74. The standard InChI is InChI=1S/C13H24N4O6S/c1-6(2)10(14)12(21)17-8(5-24)11(20)15-3-9(19)16-7(4-18)13(22)23/h6-8,10,18,24H,3-5,14H2,1-2H3,(H,15,20)(H,16,19)(H,17,21)(H,22,23). The summed E-state index contributed by atoms with van der Waals surface area (Å²) in [5, 5.41) is 24.2. The van der Waals surface area contributed by atoms with Crippen LogP contribution < -0.4 is 21.7 Å². The van der Waals surface area contributed by atoms with E-state index in [2.05, 4.69) is 23.3 Å². The Morgan fingerprint density at radius 3 is 2.08 bits per heavy atom. The third kappa shape index (κ3) is 7.62. The number of aliphatic carboxylic acids is 1. The summed E-state index contributed by atoms with van der Waals surface area (Å²) in [6, 6.07) is -3.24. The molecular weight excluding hydrogens is 340 g/mol. The summed E-state index contributed by atoms with van der Waals surface area (Å²) >= 11 is 3.96. The molecule has 0 aromatic rings. The van der Waals surface area contributed by atoms with Gasteiger partial charge in [0.05, 0.1) is 19.2 Å². The van der Waals surface area contributed by atoms with Gasteiger partial charge in [0.2, 0.25) is 17.7 Å². The summed E-state index contributed by atoms with van der Waals surface area (Å²) in [6.07, 6.45) is 0. The Balaban J connectivity index is 4.48. The maximum Gasteiger partial charge on any atom is 0.328 e. The lowest BCUT2D eigenvalue weighted by Gasteiger charge is -2.21. The van der Waals surface area contributed by atoms with Gasteiger partial charge >= 0.3 is 5.97 Å². The molecule has 0 rings (SSSR count). The highest BCUT2D eigenvalue weighted by Gasteiger charge is 2.25. The molecule has 24 heavy (non-hydrogen) atoms. The van der Waals surface area contributed by atoms with Crippen LogP contribution in [0.4, 0.5) is 0 Å². The second kappa shape index (κ2) is 10.8. The first-order chi connectivity index (χ1) is 11.1. The monoisotopic (exact) mass is 364 g/mol. The van der Waals surface area contributed by atoms with Crippen molar-refractivity contribution in [1.29, 1.82) is 0 Å². The molecule has 3 amide bonds. The van der Waals surface area contributed by atoms with Crippen molar-refractivity contribution in [1.82, 2.24) is 16.0 Å². The molecule has 7 N–H and O–H groups in total. The average molecular weight is 364 g/mol. The molecule has 10 nitrogen and oxygen atoms in total. The minimum absolute atomic E-state index is 0.0155. The van der Waals surface area contributed by atoms with Crippen molar-refractivity contribution in [3.63, 3.8) is 0 Å². The topological polar surface area (TPSA) is 171 Å². The zero-order chi connectivity index (χ0) is 18.9. The molecular formula is C13H24N4O6S. The summed E-state index contributed by atoms with van der Waals surface area (Å²) < 4.78 is 0. The molecule has 0 saturated carbocycles. The number of carboxylic acid groups (broad SMARTS) is 1. The highest BCUT2D eigenvalue weighted by atomic mass is 32.1. The van der Waals surface area contributed by atoms with Crippen LogP contribution in [0.2, 0.25) is 0 Å². The fraction of sp³-hybridized carbons (Fsp3) is 0.692. The smallest absolute Gasteiger partial charge is 0.328 e. The molecule has 0 aliphatic heterocycles. The number of carboxylic acids is 1. The Kier molecular flexibility index (Phi) is 10.0. The minimum Gasteiger partial charge on any atom is -0.480 e. The third-order valence-electron chi connectivity index (χ3n) is 3.08. The SMILES string of the molecule is CC(C)C(N)C(=O)NC(CS)C(=O)NCC(=O)NC(CO)C(=O)O. The van der Waals surface area contributed by atoms with Crippen LogP contribution in [0, 0.1) is 5.92 Å². The third-order valence-corrected chi connectivity index (χ3v) is 3.44. The van der Waals surface area contributed by atoms with Crippen LogP contribution in [-0.2, 0) is 19.2 Å². The first-order valence-corrected chi connectivity index (χ1v) is 7.84. The number of rotatable bonds is 10. The van der Waals surface area contributed by atoms with Gasteiger partial charge in [-0.2, -0.15) is 12.6 Å². The Hall–Kier alpha value is -1.85. The average Bonchev–Trinajstić information content (AvgIpc) is 2.53. The van der Waals surface area contributed by atoms with Crippen molar-refractivity contribution in [2.24, 2.45) is 11.7 Å². The van der Waals surface area contributed by atoms with Gasteiger partial charge in [0, 0.05) is 5.75 Å². The Labute approximate surface area is 144 Å². The van der Waals surface area contributed by atoms with Crippen LogP contribution in [0.25, 0.3) is 0 Å². The van der Waals surface area contributed by atoms with Gasteiger partial charge in [-0.25, -0.2) is 4.79 Å². The zero-order valence-electron chi connectivity index (χ0n) is 13.5. The van der Waals surface area contributed by atoms with E-state index < -0.39 is 55.0 Å². The number of hydrogen-bond acceptors (Lipinski definition) is 7. The summed E-state index contributed by atoms with van der Waals surface area (Å²) in [6.45, 7) is 2.21. The summed E-state index contributed by atoms with van der Waals surface area (Å²) in [5.41, 5.74) is 5.67. The Morgan fingerprint density at radius 2 is 1.67 bits per heavy atom. The van der Waals surface area contributed by atoms with Gasteiger partial charge < -0.3 is 31.9 Å². The number of hydrogen-bond donors (Lipinski definition) is 7. The van der Waals surface area contributed by atoms with Crippen molar-refractivity contribution < 1.29 is 29.4 Å². The second-order valence-corrected chi connectivity index (χ2v) is 5.74. The highest BCUT2D eigenvalue weighted by molar-refractivity contribution is 7.80. The largest absolute Gasteiger partial charge is 0.480 e. The molecule has 0 fully saturated rings. The van der Waals surface area contributed by atoms with Gasteiger partial charge in [0.25, 0.3) is 0 Å². The van der Waals surface area contributed by atoms with Crippen LogP contribution >= 0.6 is 12.6 Å². The summed E-state index contributed by atoms with van der Waals surface area (Å²) in [5.74, 6) is -3.52. The Bertz CT molecular complexity index is 473. The van der Waals surface area contributed by atoms with Crippen molar-refractivity contribution in [2.45, 2.75) is 32.0 Å². The van der Waals surface area contributed by atoms with Gasteiger partial charge in [-0.15, -0.1) is 0 Å². The number of carbonyl (C=O) groups is 4. The lowest BCUT2D eigenvalue weighted by atomic mass is 10.0. The first-order valence-electron chi connectivity index (χ1n) is 7.21. The molecule has 3 atom stereocenters. The van der Waals surface area contributed by atoms with E-state index in [9.17, 15) is 19.2 Å². The lowest BCUT2D eigenvalue weighted by molar-refractivity contribution is -0.142. The van der Waals surface area contributed by atoms with Gasteiger partial charge in [0.15, 0.2) is 0 Å². The van der Waals surface area contributed by atoms with E-state index in [1.807, 2.05) is 5.32 Å². The number of nitrogens with one attached hydrogen (secondary N) is 3.